The Hall–Kier alpha value is -0.780. The zero-order valence-electron chi connectivity index (χ0n) is 11.9. The lowest BCUT2D eigenvalue weighted by molar-refractivity contribution is 0.759. The lowest BCUT2D eigenvalue weighted by Crippen LogP contribution is -2.23. The van der Waals surface area contributed by atoms with Crippen molar-refractivity contribution in [1.29, 1.82) is 0 Å². The smallest absolute Gasteiger partial charge is 0.193 e. The number of hydrogen-bond donors (Lipinski definition) is 2. The normalized spacial score (nSPS) is 22.0. The molecule has 2 rings (SSSR count). The first kappa shape index (κ1) is 16.3. The van der Waals surface area contributed by atoms with Gasteiger partial charge in [0, 0.05) is 5.69 Å². The van der Waals surface area contributed by atoms with E-state index in [-0.39, 0.29) is 24.0 Å². The van der Waals surface area contributed by atoms with Gasteiger partial charge in [-0.3, -0.25) is 0 Å². The summed E-state index contributed by atoms with van der Waals surface area (Å²) in [6.07, 6.45) is 2.38. The molecule has 1 aliphatic rings. The van der Waals surface area contributed by atoms with E-state index in [1.165, 1.54) is 18.4 Å². The van der Waals surface area contributed by atoms with Crippen molar-refractivity contribution in [2.75, 3.05) is 5.32 Å². The van der Waals surface area contributed by atoms with Crippen molar-refractivity contribution in [3.05, 3.63) is 29.8 Å². The third-order valence-corrected chi connectivity index (χ3v) is 3.54. The second-order valence-electron chi connectivity index (χ2n) is 5.39. The standard InChI is InChI=1S/C15H23N3.HI/c1-4-11-9-14(11)18-15(16)17-13-7-5-6-12(8-13)10(2)3;/h5-8,10-11,14H,4,9H2,1-3H3,(H3,16,17,18);1H/t11-,14-;/m1./s1. The molecule has 1 saturated carbocycles. The Morgan fingerprint density at radius 2 is 2.21 bits per heavy atom. The maximum atomic E-state index is 5.93. The van der Waals surface area contributed by atoms with Gasteiger partial charge in [-0.2, -0.15) is 0 Å². The van der Waals surface area contributed by atoms with Gasteiger partial charge >= 0.3 is 0 Å². The molecule has 1 aromatic rings. The molecule has 4 heteroatoms. The van der Waals surface area contributed by atoms with E-state index in [1.807, 2.05) is 6.07 Å². The molecule has 1 aliphatic carbocycles. The number of rotatable bonds is 4. The molecule has 106 valence electrons. The fourth-order valence-electron chi connectivity index (χ4n) is 2.16. The molecular weight excluding hydrogens is 349 g/mol. The summed E-state index contributed by atoms with van der Waals surface area (Å²) < 4.78 is 0. The second-order valence-corrected chi connectivity index (χ2v) is 5.39. The van der Waals surface area contributed by atoms with Gasteiger partial charge in [-0.05, 0) is 36.0 Å². The van der Waals surface area contributed by atoms with Gasteiger partial charge in [-0.15, -0.1) is 24.0 Å². The molecule has 0 unspecified atom stereocenters. The predicted octanol–water partition coefficient (Wildman–Crippen LogP) is 3.95. The summed E-state index contributed by atoms with van der Waals surface area (Å²) in [5, 5.41) is 3.18. The van der Waals surface area contributed by atoms with Crippen molar-refractivity contribution in [2.24, 2.45) is 16.6 Å². The molecule has 0 bridgehead atoms. The van der Waals surface area contributed by atoms with E-state index >= 15 is 0 Å². The molecular formula is C15H24IN3. The number of hydrogen-bond acceptors (Lipinski definition) is 1. The monoisotopic (exact) mass is 373 g/mol. The highest BCUT2D eigenvalue weighted by Crippen LogP contribution is 2.36. The molecule has 1 aromatic carbocycles. The molecule has 1 fully saturated rings. The average Bonchev–Trinajstić information content (AvgIpc) is 3.07. The van der Waals surface area contributed by atoms with Crippen molar-refractivity contribution in [3.63, 3.8) is 0 Å². The van der Waals surface area contributed by atoms with Crippen LogP contribution in [0.2, 0.25) is 0 Å². The van der Waals surface area contributed by atoms with E-state index in [4.69, 9.17) is 5.73 Å². The number of halogens is 1. The van der Waals surface area contributed by atoms with Gasteiger partial charge in [0.1, 0.15) is 0 Å². The highest BCUT2D eigenvalue weighted by Gasteiger charge is 2.35. The molecule has 0 heterocycles. The van der Waals surface area contributed by atoms with Gasteiger partial charge in [0.05, 0.1) is 6.04 Å². The Kier molecular flexibility index (Phi) is 6.10. The third kappa shape index (κ3) is 4.67. The summed E-state index contributed by atoms with van der Waals surface area (Å²) in [5.41, 5.74) is 8.26. The largest absolute Gasteiger partial charge is 0.370 e. The molecule has 3 N–H and O–H groups in total. The Bertz CT molecular complexity index is 443. The fraction of sp³-hybridized carbons (Fsp3) is 0.533. The lowest BCUT2D eigenvalue weighted by Gasteiger charge is -2.09. The van der Waals surface area contributed by atoms with Crippen molar-refractivity contribution in [2.45, 2.75) is 45.6 Å². The van der Waals surface area contributed by atoms with Crippen LogP contribution in [-0.2, 0) is 0 Å². The number of nitrogens with one attached hydrogen (secondary N) is 1. The Morgan fingerprint density at radius 1 is 1.47 bits per heavy atom. The minimum Gasteiger partial charge on any atom is -0.370 e. The van der Waals surface area contributed by atoms with E-state index < -0.39 is 0 Å². The van der Waals surface area contributed by atoms with Crippen molar-refractivity contribution in [3.8, 4) is 0 Å². The average molecular weight is 373 g/mol. The predicted molar refractivity (Wildman–Crippen MR) is 93.4 cm³/mol. The van der Waals surface area contributed by atoms with Crippen molar-refractivity contribution in [1.82, 2.24) is 0 Å². The molecule has 0 amide bonds. The Labute approximate surface area is 133 Å². The van der Waals surface area contributed by atoms with Crippen molar-refractivity contribution < 1.29 is 0 Å². The Morgan fingerprint density at radius 3 is 2.79 bits per heavy atom. The van der Waals surface area contributed by atoms with Gasteiger partial charge in [0.25, 0.3) is 0 Å². The van der Waals surface area contributed by atoms with Crippen LogP contribution in [0.1, 0.15) is 45.1 Å². The molecule has 19 heavy (non-hydrogen) atoms. The number of nitrogens with two attached hydrogens (primary N) is 1. The van der Waals surface area contributed by atoms with Crippen LogP contribution in [0.25, 0.3) is 0 Å². The van der Waals surface area contributed by atoms with E-state index in [0.717, 1.165) is 11.6 Å². The lowest BCUT2D eigenvalue weighted by atomic mass is 10.0. The number of benzene rings is 1. The second kappa shape index (κ2) is 7.12. The SMILES string of the molecule is CC[C@@H]1C[C@H]1N=C(N)Nc1cccc(C(C)C)c1.I. The topological polar surface area (TPSA) is 50.4 Å². The minimum absolute atomic E-state index is 0. The van der Waals surface area contributed by atoms with Gasteiger partial charge in [-0.1, -0.05) is 39.3 Å². The van der Waals surface area contributed by atoms with Crippen molar-refractivity contribution >= 4 is 35.6 Å². The molecule has 0 saturated heterocycles. The molecule has 3 nitrogen and oxygen atoms in total. The number of aliphatic imine (C=N–C) groups is 1. The molecule has 0 radical (unpaired) electrons. The number of guanidine groups is 1. The van der Waals surface area contributed by atoms with Gasteiger partial charge in [0.2, 0.25) is 0 Å². The summed E-state index contributed by atoms with van der Waals surface area (Å²) in [5.74, 6) is 1.81. The minimum atomic E-state index is 0. The first-order valence-electron chi connectivity index (χ1n) is 6.80. The van der Waals surface area contributed by atoms with Crippen LogP contribution in [0.5, 0.6) is 0 Å². The first-order chi connectivity index (χ1) is 8.60. The molecule has 2 atom stereocenters. The number of anilines is 1. The highest BCUT2D eigenvalue weighted by molar-refractivity contribution is 14.0. The summed E-state index contributed by atoms with van der Waals surface area (Å²) in [7, 11) is 0. The molecule has 0 aliphatic heterocycles. The van der Waals surface area contributed by atoms with Gasteiger partial charge < -0.3 is 11.1 Å². The quantitative estimate of drug-likeness (QED) is 0.477. The van der Waals surface area contributed by atoms with Crippen LogP contribution < -0.4 is 11.1 Å². The summed E-state index contributed by atoms with van der Waals surface area (Å²) >= 11 is 0. The zero-order chi connectivity index (χ0) is 13.1. The Balaban J connectivity index is 0.00000180. The van der Waals surface area contributed by atoms with Gasteiger partial charge in [0.15, 0.2) is 5.96 Å². The van der Waals surface area contributed by atoms with Crippen LogP contribution in [-0.4, -0.2) is 12.0 Å². The summed E-state index contributed by atoms with van der Waals surface area (Å²) in [6, 6.07) is 8.79. The molecule has 0 aromatic heterocycles. The summed E-state index contributed by atoms with van der Waals surface area (Å²) in [4.78, 5) is 4.49. The van der Waals surface area contributed by atoms with Crippen LogP contribution in [0, 0.1) is 5.92 Å². The maximum Gasteiger partial charge on any atom is 0.193 e. The highest BCUT2D eigenvalue weighted by atomic mass is 127. The van der Waals surface area contributed by atoms with Crippen LogP contribution in [0.4, 0.5) is 5.69 Å². The zero-order valence-corrected chi connectivity index (χ0v) is 14.2. The van der Waals surface area contributed by atoms with E-state index in [0.29, 0.717) is 17.9 Å². The maximum absolute atomic E-state index is 5.93. The van der Waals surface area contributed by atoms with Crippen LogP contribution in [0.3, 0.4) is 0 Å². The molecule has 0 spiro atoms. The third-order valence-electron chi connectivity index (χ3n) is 3.54. The van der Waals surface area contributed by atoms with Crippen LogP contribution in [0.15, 0.2) is 29.3 Å². The van der Waals surface area contributed by atoms with Gasteiger partial charge in [-0.25, -0.2) is 4.99 Å². The fourth-order valence-corrected chi connectivity index (χ4v) is 2.16. The van der Waals surface area contributed by atoms with E-state index in [2.05, 4.69) is 49.3 Å². The van der Waals surface area contributed by atoms with E-state index in [1.54, 1.807) is 0 Å². The van der Waals surface area contributed by atoms with E-state index in [9.17, 15) is 0 Å². The first-order valence-corrected chi connectivity index (χ1v) is 6.80. The summed E-state index contributed by atoms with van der Waals surface area (Å²) in [6.45, 7) is 6.58. The number of nitrogens with zero attached hydrogens (tertiary/aromatic N) is 1. The van der Waals surface area contributed by atoms with Crippen LogP contribution >= 0.6 is 24.0 Å².